The molecule has 4 nitrogen and oxygen atoms in total. The van der Waals surface area contributed by atoms with Gasteiger partial charge in [-0.2, -0.15) is 0 Å². The second-order valence-corrected chi connectivity index (χ2v) is 4.41. The number of aliphatic hydroxyl groups is 1. The molecule has 0 unspecified atom stereocenters. The maximum absolute atomic E-state index is 11.7. The molecule has 1 aliphatic carbocycles. The first-order valence-electron chi connectivity index (χ1n) is 5.12. The molecular formula is C10H14N2O2S. The van der Waals surface area contributed by atoms with E-state index in [1.54, 1.807) is 11.5 Å². The predicted molar refractivity (Wildman–Crippen MR) is 59.6 cm³/mol. The second kappa shape index (κ2) is 3.90. The average molecular weight is 226 g/mol. The van der Waals surface area contributed by atoms with Crippen molar-refractivity contribution in [2.45, 2.75) is 38.8 Å². The molecule has 0 saturated carbocycles. The summed E-state index contributed by atoms with van der Waals surface area (Å²) in [6, 6.07) is 0. The first-order valence-corrected chi connectivity index (χ1v) is 5.53. The monoisotopic (exact) mass is 226 g/mol. The van der Waals surface area contributed by atoms with Crippen LogP contribution in [-0.4, -0.2) is 20.8 Å². The van der Waals surface area contributed by atoms with Gasteiger partial charge in [-0.05, 0) is 26.2 Å². The number of H-pyrrole nitrogens is 1. The Morgan fingerprint density at radius 2 is 2.33 bits per heavy atom. The number of nitrogens with one attached hydrogen (secondary N) is 1. The normalized spacial score (nSPS) is 16.4. The largest absolute Gasteiger partial charge is 0.392 e. The van der Waals surface area contributed by atoms with E-state index in [-0.39, 0.29) is 5.69 Å². The Labute approximate surface area is 92.6 Å². The number of fused-ring (bicyclic) bond motifs is 1. The van der Waals surface area contributed by atoms with E-state index in [9.17, 15) is 9.90 Å². The molecule has 0 fully saturated rings. The molecule has 5 heteroatoms. The highest BCUT2D eigenvalue weighted by Gasteiger charge is 2.18. The van der Waals surface area contributed by atoms with E-state index in [0.717, 1.165) is 30.5 Å². The molecule has 1 heterocycles. The Morgan fingerprint density at radius 1 is 1.60 bits per heavy atom. The van der Waals surface area contributed by atoms with Crippen molar-refractivity contribution in [1.82, 2.24) is 9.55 Å². The van der Waals surface area contributed by atoms with E-state index >= 15 is 0 Å². The van der Waals surface area contributed by atoms with Crippen LogP contribution in [0.15, 0.2) is 4.79 Å². The lowest BCUT2D eigenvalue weighted by Gasteiger charge is -2.13. The Morgan fingerprint density at radius 3 is 3.00 bits per heavy atom. The smallest absolute Gasteiger partial charge is 0.326 e. The summed E-state index contributed by atoms with van der Waals surface area (Å²) in [5, 5.41) is 9.33. The van der Waals surface area contributed by atoms with E-state index in [4.69, 9.17) is 12.2 Å². The van der Waals surface area contributed by atoms with Gasteiger partial charge in [0, 0.05) is 11.3 Å². The van der Waals surface area contributed by atoms with E-state index < -0.39 is 6.10 Å². The van der Waals surface area contributed by atoms with Gasteiger partial charge in [0.05, 0.1) is 12.6 Å². The van der Waals surface area contributed by atoms with E-state index in [1.165, 1.54) is 0 Å². The highest BCUT2D eigenvalue weighted by Crippen LogP contribution is 2.20. The van der Waals surface area contributed by atoms with Crippen LogP contribution in [0.25, 0.3) is 0 Å². The summed E-state index contributed by atoms with van der Waals surface area (Å²) < 4.78 is 2.18. The standard InChI is InChI=1S/C10H14N2O2S/c1-6(13)5-12-8-4-2-3-7(8)9(15)11-10(12)14/h6,13H,2-5H2,1H3,(H,11,14,15)/t6-/m0/s1. The van der Waals surface area contributed by atoms with E-state index in [2.05, 4.69) is 4.98 Å². The molecule has 2 N–H and O–H groups in total. The summed E-state index contributed by atoms with van der Waals surface area (Å²) in [7, 11) is 0. The molecule has 0 radical (unpaired) electrons. The lowest BCUT2D eigenvalue weighted by Crippen LogP contribution is -2.30. The van der Waals surface area contributed by atoms with E-state index in [1.807, 2.05) is 0 Å². The van der Waals surface area contributed by atoms with Crippen molar-refractivity contribution in [3.05, 3.63) is 26.4 Å². The highest BCUT2D eigenvalue weighted by atomic mass is 32.1. The fraction of sp³-hybridized carbons (Fsp3) is 0.600. The van der Waals surface area contributed by atoms with Crippen molar-refractivity contribution in [3.63, 3.8) is 0 Å². The van der Waals surface area contributed by atoms with Gasteiger partial charge >= 0.3 is 5.69 Å². The molecule has 1 aromatic heterocycles. The maximum atomic E-state index is 11.7. The van der Waals surface area contributed by atoms with Crippen LogP contribution >= 0.6 is 12.2 Å². The van der Waals surface area contributed by atoms with Crippen molar-refractivity contribution in [2.75, 3.05) is 0 Å². The van der Waals surface area contributed by atoms with Gasteiger partial charge < -0.3 is 5.11 Å². The minimum atomic E-state index is -0.517. The van der Waals surface area contributed by atoms with Gasteiger partial charge in [-0.25, -0.2) is 4.79 Å². The predicted octanol–water partition coefficient (Wildman–Crippen LogP) is 0.775. The molecule has 15 heavy (non-hydrogen) atoms. The van der Waals surface area contributed by atoms with Crippen LogP contribution in [0.5, 0.6) is 0 Å². The third-order valence-electron chi connectivity index (χ3n) is 2.70. The van der Waals surface area contributed by atoms with Crippen LogP contribution < -0.4 is 5.69 Å². The number of nitrogens with zero attached hydrogens (tertiary/aromatic N) is 1. The fourth-order valence-corrected chi connectivity index (χ4v) is 2.40. The number of aromatic amines is 1. The summed E-state index contributed by atoms with van der Waals surface area (Å²) in [5.74, 6) is 0. The third kappa shape index (κ3) is 1.89. The minimum Gasteiger partial charge on any atom is -0.392 e. The van der Waals surface area contributed by atoms with Gasteiger partial charge in [0.25, 0.3) is 0 Å². The molecular weight excluding hydrogens is 212 g/mol. The zero-order chi connectivity index (χ0) is 11.0. The van der Waals surface area contributed by atoms with Gasteiger partial charge in [-0.15, -0.1) is 0 Å². The number of hydrogen-bond acceptors (Lipinski definition) is 3. The maximum Gasteiger partial charge on any atom is 0.326 e. The first kappa shape index (κ1) is 10.6. The van der Waals surface area contributed by atoms with Crippen LogP contribution in [0.2, 0.25) is 0 Å². The van der Waals surface area contributed by atoms with E-state index in [0.29, 0.717) is 11.2 Å². The molecule has 0 spiro atoms. The van der Waals surface area contributed by atoms with Crippen LogP contribution in [-0.2, 0) is 19.4 Å². The number of rotatable bonds is 2. The van der Waals surface area contributed by atoms with Crippen LogP contribution in [0.4, 0.5) is 0 Å². The van der Waals surface area contributed by atoms with Gasteiger partial charge in [0.2, 0.25) is 0 Å². The van der Waals surface area contributed by atoms with Crippen molar-refractivity contribution >= 4 is 12.2 Å². The highest BCUT2D eigenvalue weighted by molar-refractivity contribution is 7.71. The summed E-state index contributed by atoms with van der Waals surface area (Å²) in [6.07, 6.45) is 2.34. The molecule has 0 saturated heterocycles. The zero-order valence-electron chi connectivity index (χ0n) is 8.62. The molecule has 0 bridgehead atoms. The lowest BCUT2D eigenvalue weighted by molar-refractivity contribution is 0.170. The number of aliphatic hydroxyl groups excluding tert-OH is 1. The molecule has 1 atom stereocenters. The molecule has 1 aliphatic rings. The number of aromatic nitrogens is 2. The molecule has 1 aromatic rings. The minimum absolute atomic E-state index is 0.207. The van der Waals surface area contributed by atoms with Crippen molar-refractivity contribution < 1.29 is 5.11 Å². The Hall–Kier alpha value is -0.940. The average Bonchev–Trinajstić information content (AvgIpc) is 2.60. The third-order valence-corrected chi connectivity index (χ3v) is 3.05. The summed E-state index contributed by atoms with van der Waals surface area (Å²) in [6.45, 7) is 2.02. The van der Waals surface area contributed by atoms with Crippen molar-refractivity contribution in [3.8, 4) is 0 Å². The van der Waals surface area contributed by atoms with Crippen LogP contribution in [0.1, 0.15) is 24.6 Å². The molecule has 0 aromatic carbocycles. The van der Waals surface area contributed by atoms with Gasteiger partial charge in [0.15, 0.2) is 0 Å². The van der Waals surface area contributed by atoms with Gasteiger partial charge in [-0.3, -0.25) is 9.55 Å². The van der Waals surface area contributed by atoms with Crippen molar-refractivity contribution in [1.29, 1.82) is 0 Å². The molecule has 2 rings (SSSR count). The SMILES string of the molecule is C[C@H](O)Cn1c2c(c(=S)[nH]c1=O)CCC2. The van der Waals surface area contributed by atoms with Crippen molar-refractivity contribution in [2.24, 2.45) is 0 Å². The topological polar surface area (TPSA) is 58.0 Å². The first-order chi connectivity index (χ1) is 7.09. The number of hydrogen-bond donors (Lipinski definition) is 2. The summed E-state index contributed by atoms with van der Waals surface area (Å²) >= 11 is 5.11. The zero-order valence-corrected chi connectivity index (χ0v) is 9.43. The summed E-state index contributed by atoms with van der Waals surface area (Å²) in [4.78, 5) is 14.3. The fourth-order valence-electron chi connectivity index (χ4n) is 2.09. The Balaban J connectivity index is 2.59. The molecule has 0 amide bonds. The van der Waals surface area contributed by atoms with Gasteiger partial charge in [-0.1, -0.05) is 12.2 Å². The molecule has 82 valence electrons. The van der Waals surface area contributed by atoms with Crippen LogP contribution in [0, 0.1) is 4.64 Å². The Bertz CT molecular complexity index is 487. The Kier molecular flexibility index (Phi) is 2.75. The second-order valence-electron chi connectivity index (χ2n) is 4.00. The van der Waals surface area contributed by atoms with Crippen LogP contribution in [0.3, 0.4) is 0 Å². The lowest BCUT2D eigenvalue weighted by atomic mass is 10.2. The summed E-state index contributed by atoms with van der Waals surface area (Å²) in [5.41, 5.74) is 1.87. The quantitative estimate of drug-likeness (QED) is 0.732. The molecule has 0 aliphatic heterocycles. The van der Waals surface area contributed by atoms with Gasteiger partial charge in [0.1, 0.15) is 4.64 Å².